The fraction of sp³-hybridized carbons (Fsp3) is 0.929. The summed E-state index contributed by atoms with van der Waals surface area (Å²) >= 11 is 0. The molecule has 106 valence electrons. The Kier molecular flexibility index (Phi) is 6.09. The fourth-order valence-electron chi connectivity index (χ4n) is 2.22. The highest BCUT2D eigenvalue weighted by Gasteiger charge is 2.30. The van der Waals surface area contributed by atoms with Crippen molar-refractivity contribution in [3.05, 3.63) is 0 Å². The third kappa shape index (κ3) is 5.36. The van der Waals surface area contributed by atoms with Gasteiger partial charge in [-0.2, -0.15) is 0 Å². The van der Waals surface area contributed by atoms with Gasteiger partial charge in [-0.15, -0.1) is 0 Å². The van der Waals surface area contributed by atoms with E-state index in [2.05, 4.69) is 19.2 Å². The molecule has 1 amide bonds. The second-order valence-corrected chi connectivity index (χ2v) is 6.00. The monoisotopic (exact) mass is 256 g/mol. The Morgan fingerprint density at radius 1 is 1.33 bits per heavy atom. The third-order valence-corrected chi connectivity index (χ3v) is 3.61. The molecule has 0 aromatic rings. The van der Waals surface area contributed by atoms with Crippen molar-refractivity contribution in [2.45, 2.75) is 64.5 Å². The minimum absolute atomic E-state index is 0.0303. The number of rotatable bonds is 7. The fourth-order valence-corrected chi connectivity index (χ4v) is 2.22. The molecule has 0 radical (unpaired) electrons. The Bertz CT molecular complexity index is 261. The molecule has 0 heterocycles. The van der Waals surface area contributed by atoms with E-state index in [1.54, 1.807) is 6.92 Å². The quantitative estimate of drug-likeness (QED) is 0.730. The van der Waals surface area contributed by atoms with Crippen LogP contribution in [0.3, 0.4) is 0 Å². The summed E-state index contributed by atoms with van der Waals surface area (Å²) in [4.78, 5) is 11.8. The van der Waals surface area contributed by atoms with Gasteiger partial charge in [0, 0.05) is 12.1 Å². The summed E-state index contributed by atoms with van der Waals surface area (Å²) in [5.41, 5.74) is 5.99. The Morgan fingerprint density at radius 2 is 1.94 bits per heavy atom. The molecule has 1 unspecified atom stereocenters. The Morgan fingerprint density at radius 3 is 2.50 bits per heavy atom. The smallest absolute Gasteiger partial charge is 0.248 e. The summed E-state index contributed by atoms with van der Waals surface area (Å²) in [7, 11) is 0. The van der Waals surface area contributed by atoms with Crippen LogP contribution in [0.1, 0.15) is 52.9 Å². The first-order valence-corrected chi connectivity index (χ1v) is 7.11. The maximum Gasteiger partial charge on any atom is 0.248 e. The van der Waals surface area contributed by atoms with Crippen LogP contribution in [0.25, 0.3) is 0 Å². The molecule has 4 heteroatoms. The van der Waals surface area contributed by atoms with E-state index in [1.807, 2.05) is 0 Å². The summed E-state index contributed by atoms with van der Waals surface area (Å²) in [5, 5.41) is 2.90. The highest BCUT2D eigenvalue weighted by molar-refractivity contribution is 5.80. The second-order valence-electron chi connectivity index (χ2n) is 6.00. The van der Waals surface area contributed by atoms with Gasteiger partial charge in [0.25, 0.3) is 0 Å². The standard InChI is InChI=1S/C14H28N2O2/c1-11(2)6-9-16-13(17)12(3)18-10-14(15)7-4-5-8-14/h11-12H,4-10,15H2,1-3H3,(H,16,17). The van der Waals surface area contributed by atoms with Gasteiger partial charge in [-0.1, -0.05) is 26.7 Å². The topological polar surface area (TPSA) is 64.3 Å². The zero-order chi connectivity index (χ0) is 13.6. The van der Waals surface area contributed by atoms with Gasteiger partial charge in [0.1, 0.15) is 6.10 Å². The summed E-state index contributed by atoms with van der Waals surface area (Å²) < 4.78 is 5.61. The van der Waals surface area contributed by atoms with E-state index in [0.717, 1.165) is 25.8 Å². The molecule has 1 rings (SSSR count). The van der Waals surface area contributed by atoms with Crippen molar-refractivity contribution in [2.24, 2.45) is 11.7 Å². The zero-order valence-corrected chi connectivity index (χ0v) is 12.0. The molecule has 4 nitrogen and oxygen atoms in total. The summed E-state index contributed by atoms with van der Waals surface area (Å²) in [5.74, 6) is 0.574. The van der Waals surface area contributed by atoms with E-state index in [4.69, 9.17) is 10.5 Å². The predicted molar refractivity (Wildman–Crippen MR) is 73.3 cm³/mol. The van der Waals surface area contributed by atoms with Crippen molar-refractivity contribution in [2.75, 3.05) is 13.2 Å². The molecule has 18 heavy (non-hydrogen) atoms. The van der Waals surface area contributed by atoms with E-state index >= 15 is 0 Å². The Balaban J connectivity index is 2.19. The first kappa shape index (κ1) is 15.4. The second kappa shape index (κ2) is 7.10. The van der Waals surface area contributed by atoms with Crippen molar-refractivity contribution < 1.29 is 9.53 Å². The lowest BCUT2D eigenvalue weighted by Crippen LogP contribution is -2.45. The van der Waals surface area contributed by atoms with Crippen molar-refractivity contribution >= 4 is 5.91 Å². The molecule has 1 aliphatic carbocycles. The Labute approximate surface area is 111 Å². The molecule has 0 aromatic carbocycles. The maximum atomic E-state index is 11.8. The molecule has 0 spiro atoms. The normalized spacial score (nSPS) is 20.1. The molecule has 0 saturated heterocycles. The predicted octanol–water partition coefficient (Wildman–Crippen LogP) is 1.83. The van der Waals surface area contributed by atoms with Gasteiger partial charge in [-0.05, 0) is 32.1 Å². The number of nitrogens with two attached hydrogens (primary N) is 1. The lowest BCUT2D eigenvalue weighted by molar-refractivity contribution is -0.132. The van der Waals surface area contributed by atoms with Gasteiger partial charge in [0.05, 0.1) is 6.61 Å². The highest BCUT2D eigenvalue weighted by atomic mass is 16.5. The van der Waals surface area contributed by atoms with Crippen LogP contribution in [0, 0.1) is 5.92 Å². The molecule has 0 aliphatic heterocycles. The van der Waals surface area contributed by atoms with Crippen molar-refractivity contribution in [1.29, 1.82) is 0 Å². The first-order valence-electron chi connectivity index (χ1n) is 7.11. The average Bonchev–Trinajstić information content (AvgIpc) is 2.73. The summed E-state index contributed by atoms with van der Waals surface area (Å²) in [6.45, 7) is 7.29. The molecule has 0 aromatic heterocycles. The number of ether oxygens (including phenoxy) is 1. The lowest BCUT2D eigenvalue weighted by Gasteiger charge is -2.25. The lowest BCUT2D eigenvalue weighted by atomic mass is 10.0. The van der Waals surface area contributed by atoms with Crippen LogP contribution >= 0.6 is 0 Å². The minimum atomic E-state index is -0.404. The van der Waals surface area contributed by atoms with Gasteiger partial charge < -0.3 is 15.8 Å². The van der Waals surface area contributed by atoms with E-state index in [1.165, 1.54) is 12.8 Å². The molecule has 1 aliphatic rings. The molecule has 1 saturated carbocycles. The van der Waals surface area contributed by atoms with E-state index in [-0.39, 0.29) is 11.4 Å². The molecule has 1 atom stereocenters. The van der Waals surface area contributed by atoms with Crippen LogP contribution in [0.4, 0.5) is 0 Å². The molecule has 3 N–H and O–H groups in total. The van der Waals surface area contributed by atoms with Crippen LogP contribution < -0.4 is 11.1 Å². The van der Waals surface area contributed by atoms with E-state index in [0.29, 0.717) is 12.5 Å². The number of carbonyl (C=O) groups excluding carboxylic acids is 1. The Hall–Kier alpha value is -0.610. The van der Waals surface area contributed by atoms with Crippen molar-refractivity contribution in [3.63, 3.8) is 0 Å². The number of hydrogen-bond donors (Lipinski definition) is 2. The molecule has 1 fully saturated rings. The van der Waals surface area contributed by atoms with Gasteiger partial charge in [0.2, 0.25) is 5.91 Å². The van der Waals surface area contributed by atoms with Crippen molar-refractivity contribution in [3.8, 4) is 0 Å². The van der Waals surface area contributed by atoms with Crippen molar-refractivity contribution in [1.82, 2.24) is 5.32 Å². The minimum Gasteiger partial charge on any atom is -0.367 e. The number of nitrogens with one attached hydrogen (secondary N) is 1. The van der Waals surface area contributed by atoms with Crippen LogP contribution in [0.2, 0.25) is 0 Å². The summed E-state index contributed by atoms with van der Waals surface area (Å²) in [6.07, 6.45) is 4.96. The van der Waals surface area contributed by atoms with E-state index in [9.17, 15) is 4.79 Å². The number of amides is 1. The summed E-state index contributed by atoms with van der Waals surface area (Å²) in [6, 6.07) is 0. The van der Waals surface area contributed by atoms with Gasteiger partial charge >= 0.3 is 0 Å². The highest BCUT2D eigenvalue weighted by Crippen LogP contribution is 2.27. The molecular formula is C14H28N2O2. The van der Waals surface area contributed by atoms with Crippen LogP contribution in [-0.2, 0) is 9.53 Å². The molecule has 0 bridgehead atoms. The zero-order valence-electron chi connectivity index (χ0n) is 12.0. The van der Waals surface area contributed by atoms with Crippen LogP contribution in [-0.4, -0.2) is 30.7 Å². The number of carbonyl (C=O) groups is 1. The molecular weight excluding hydrogens is 228 g/mol. The van der Waals surface area contributed by atoms with Gasteiger partial charge in [-0.3, -0.25) is 4.79 Å². The number of hydrogen-bond acceptors (Lipinski definition) is 3. The van der Waals surface area contributed by atoms with Gasteiger partial charge in [-0.25, -0.2) is 0 Å². The first-order chi connectivity index (χ1) is 8.43. The van der Waals surface area contributed by atoms with Crippen LogP contribution in [0.5, 0.6) is 0 Å². The third-order valence-electron chi connectivity index (χ3n) is 3.61. The average molecular weight is 256 g/mol. The largest absolute Gasteiger partial charge is 0.367 e. The maximum absolute atomic E-state index is 11.8. The van der Waals surface area contributed by atoms with Gasteiger partial charge in [0.15, 0.2) is 0 Å². The van der Waals surface area contributed by atoms with E-state index < -0.39 is 6.10 Å². The van der Waals surface area contributed by atoms with Crippen LogP contribution in [0.15, 0.2) is 0 Å². The SMILES string of the molecule is CC(C)CCNC(=O)C(C)OCC1(N)CCCC1.